The number of thiazole rings is 1. The minimum atomic E-state index is -0.450. The minimum Gasteiger partial charge on any atom is -0.339 e. The highest BCUT2D eigenvalue weighted by Gasteiger charge is 2.16. The summed E-state index contributed by atoms with van der Waals surface area (Å²) in [5.74, 6) is 1.98. The first kappa shape index (κ1) is 22.3. The number of nitrogens with zero attached hydrogens (tertiary/aromatic N) is 6. The van der Waals surface area contributed by atoms with Gasteiger partial charge in [-0.2, -0.15) is 9.97 Å². The second kappa shape index (κ2) is 9.43. The zero-order valence-corrected chi connectivity index (χ0v) is 19.7. The number of hydrogen-bond acceptors (Lipinski definition) is 11. The van der Waals surface area contributed by atoms with Gasteiger partial charge in [0.05, 0.1) is 16.8 Å². The summed E-state index contributed by atoms with van der Waals surface area (Å²) in [7, 11) is 0. The van der Waals surface area contributed by atoms with Crippen molar-refractivity contribution in [3.05, 3.63) is 60.7 Å². The molecule has 0 spiro atoms. The Kier molecular flexibility index (Phi) is 6.02. The van der Waals surface area contributed by atoms with Crippen molar-refractivity contribution in [2.24, 2.45) is 0 Å². The number of fused-ring (bicyclic) bond motifs is 1. The monoisotopic (exact) mass is 488 g/mol. The third-order valence-electron chi connectivity index (χ3n) is 4.97. The Balaban J connectivity index is 1.31. The standard InChI is InChI=1S/C23H20N8O3S/c1-4-5-18-28-21(31-34-18)17-11-25-23(35-17)29-22(32)12(2)26-20-16-10-15(19-27-13(3)33-30-19)7-6-14(16)8-9-24-20/h6-11H,2,4-5H2,1,3H3,(H,24,26)(H,25,29,32). The molecule has 4 heterocycles. The lowest BCUT2D eigenvalue weighted by Gasteiger charge is -2.11. The molecule has 5 rings (SSSR count). The second-order valence-electron chi connectivity index (χ2n) is 7.58. The van der Waals surface area contributed by atoms with Crippen molar-refractivity contribution in [3.8, 4) is 22.1 Å². The molecule has 176 valence electrons. The maximum absolute atomic E-state index is 12.8. The third-order valence-corrected chi connectivity index (χ3v) is 5.88. The summed E-state index contributed by atoms with van der Waals surface area (Å²) in [4.78, 5) is 30.7. The number of pyridine rings is 1. The lowest BCUT2D eigenvalue weighted by atomic mass is 10.1. The Morgan fingerprint density at radius 2 is 1.94 bits per heavy atom. The minimum absolute atomic E-state index is 0.104. The van der Waals surface area contributed by atoms with Crippen LogP contribution in [0.4, 0.5) is 10.9 Å². The van der Waals surface area contributed by atoms with Gasteiger partial charge in [-0.3, -0.25) is 10.1 Å². The molecule has 0 aliphatic heterocycles. The fourth-order valence-corrected chi connectivity index (χ4v) is 4.04. The molecule has 0 unspecified atom stereocenters. The summed E-state index contributed by atoms with van der Waals surface area (Å²) in [5, 5.41) is 15.7. The molecule has 12 heteroatoms. The molecule has 5 aromatic rings. The van der Waals surface area contributed by atoms with Crippen LogP contribution < -0.4 is 10.6 Å². The quantitative estimate of drug-likeness (QED) is 0.297. The van der Waals surface area contributed by atoms with E-state index in [0.29, 0.717) is 45.7 Å². The second-order valence-corrected chi connectivity index (χ2v) is 8.61. The number of aryl methyl sites for hydroxylation is 2. The van der Waals surface area contributed by atoms with Crippen LogP contribution in [0.15, 0.2) is 58.0 Å². The van der Waals surface area contributed by atoms with Gasteiger partial charge in [-0.05, 0) is 23.9 Å². The van der Waals surface area contributed by atoms with Crippen molar-refractivity contribution >= 4 is 39.0 Å². The number of nitrogens with one attached hydrogen (secondary N) is 2. The SMILES string of the molecule is C=C(Nc1nccc2ccc(-c3noc(C)n3)cc12)C(=O)Nc1ncc(-c2noc(CCC)n2)s1. The molecule has 0 aliphatic carbocycles. The molecule has 35 heavy (non-hydrogen) atoms. The van der Waals surface area contributed by atoms with E-state index in [4.69, 9.17) is 9.05 Å². The Morgan fingerprint density at radius 1 is 1.09 bits per heavy atom. The van der Waals surface area contributed by atoms with Gasteiger partial charge in [-0.15, -0.1) is 0 Å². The van der Waals surface area contributed by atoms with Crippen molar-refractivity contribution in [2.45, 2.75) is 26.7 Å². The van der Waals surface area contributed by atoms with Gasteiger partial charge >= 0.3 is 0 Å². The van der Waals surface area contributed by atoms with Gasteiger partial charge in [-0.25, -0.2) is 9.97 Å². The predicted molar refractivity (Wildman–Crippen MR) is 131 cm³/mol. The maximum atomic E-state index is 12.8. The average Bonchev–Trinajstić information content (AvgIpc) is 3.61. The van der Waals surface area contributed by atoms with E-state index >= 15 is 0 Å². The Labute approximate surface area is 203 Å². The highest BCUT2D eigenvalue weighted by atomic mass is 32.1. The van der Waals surface area contributed by atoms with Gasteiger partial charge < -0.3 is 14.4 Å². The number of carbonyl (C=O) groups is 1. The molecule has 11 nitrogen and oxygen atoms in total. The summed E-state index contributed by atoms with van der Waals surface area (Å²) in [5.41, 5.74) is 0.867. The smallest absolute Gasteiger partial charge is 0.273 e. The van der Waals surface area contributed by atoms with E-state index in [2.05, 4.69) is 47.5 Å². The summed E-state index contributed by atoms with van der Waals surface area (Å²) in [6.45, 7) is 7.62. The Morgan fingerprint density at radius 3 is 2.74 bits per heavy atom. The molecular weight excluding hydrogens is 468 g/mol. The Bertz CT molecular complexity index is 1540. The van der Waals surface area contributed by atoms with Gasteiger partial charge in [-0.1, -0.05) is 47.3 Å². The third kappa shape index (κ3) is 4.77. The van der Waals surface area contributed by atoms with Gasteiger partial charge in [0.15, 0.2) is 5.13 Å². The summed E-state index contributed by atoms with van der Waals surface area (Å²) in [6, 6.07) is 7.57. The number of amides is 1. The van der Waals surface area contributed by atoms with Crippen LogP contribution in [0.25, 0.3) is 32.9 Å². The van der Waals surface area contributed by atoms with Crippen molar-refractivity contribution in [2.75, 3.05) is 10.6 Å². The summed E-state index contributed by atoms with van der Waals surface area (Å²) < 4.78 is 10.3. The van der Waals surface area contributed by atoms with E-state index in [1.165, 1.54) is 11.3 Å². The van der Waals surface area contributed by atoms with Gasteiger partial charge in [0.2, 0.25) is 23.4 Å². The summed E-state index contributed by atoms with van der Waals surface area (Å²) >= 11 is 1.24. The van der Waals surface area contributed by atoms with Crippen LogP contribution in [0.2, 0.25) is 0 Å². The van der Waals surface area contributed by atoms with E-state index in [1.807, 2.05) is 31.2 Å². The molecule has 2 N–H and O–H groups in total. The Hall–Kier alpha value is -4.45. The van der Waals surface area contributed by atoms with Gasteiger partial charge in [0.1, 0.15) is 5.82 Å². The normalized spacial score (nSPS) is 11.0. The number of carbonyl (C=O) groups excluding carboxylic acids is 1. The predicted octanol–water partition coefficient (Wildman–Crippen LogP) is 4.62. The zero-order valence-electron chi connectivity index (χ0n) is 18.9. The van der Waals surface area contributed by atoms with E-state index < -0.39 is 5.91 Å². The van der Waals surface area contributed by atoms with Crippen molar-refractivity contribution in [3.63, 3.8) is 0 Å². The van der Waals surface area contributed by atoms with E-state index in [-0.39, 0.29) is 5.70 Å². The van der Waals surface area contributed by atoms with Gasteiger partial charge in [0.25, 0.3) is 5.91 Å². The van der Waals surface area contributed by atoms with Crippen LogP contribution in [-0.2, 0) is 11.2 Å². The van der Waals surface area contributed by atoms with E-state index in [1.54, 1.807) is 19.3 Å². The largest absolute Gasteiger partial charge is 0.339 e. The molecule has 0 radical (unpaired) electrons. The average molecular weight is 489 g/mol. The zero-order chi connectivity index (χ0) is 24.4. The number of aromatic nitrogens is 6. The topological polar surface area (TPSA) is 145 Å². The maximum Gasteiger partial charge on any atom is 0.273 e. The van der Waals surface area contributed by atoms with Gasteiger partial charge in [0, 0.05) is 30.5 Å². The molecule has 0 saturated heterocycles. The first-order valence-corrected chi connectivity index (χ1v) is 11.6. The molecule has 4 aromatic heterocycles. The van der Waals surface area contributed by atoms with Crippen LogP contribution in [0.5, 0.6) is 0 Å². The number of hydrogen-bond donors (Lipinski definition) is 2. The molecule has 0 saturated carbocycles. The molecule has 0 fully saturated rings. The van der Waals surface area contributed by atoms with E-state index in [9.17, 15) is 4.79 Å². The van der Waals surface area contributed by atoms with Crippen LogP contribution in [0, 0.1) is 6.92 Å². The fraction of sp³-hybridized carbons (Fsp3) is 0.174. The first-order chi connectivity index (χ1) is 17.0. The number of benzene rings is 1. The van der Waals surface area contributed by atoms with Crippen LogP contribution >= 0.6 is 11.3 Å². The van der Waals surface area contributed by atoms with Crippen molar-refractivity contribution < 1.29 is 13.8 Å². The number of rotatable bonds is 8. The number of anilines is 2. The molecule has 0 aliphatic rings. The highest BCUT2D eigenvalue weighted by Crippen LogP contribution is 2.29. The van der Waals surface area contributed by atoms with Crippen molar-refractivity contribution in [1.82, 2.24) is 30.2 Å². The first-order valence-electron chi connectivity index (χ1n) is 10.8. The van der Waals surface area contributed by atoms with Crippen LogP contribution in [0.3, 0.4) is 0 Å². The van der Waals surface area contributed by atoms with Crippen LogP contribution in [-0.4, -0.2) is 36.2 Å². The molecule has 1 amide bonds. The highest BCUT2D eigenvalue weighted by molar-refractivity contribution is 7.19. The lowest BCUT2D eigenvalue weighted by molar-refractivity contribution is -0.112. The molecule has 0 atom stereocenters. The fourth-order valence-electron chi connectivity index (χ4n) is 3.30. The summed E-state index contributed by atoms with van der Waals surface area (Å²) in [6.07, 6.45) is 4.85. The van der Waals surface area contributed by atoms with E-state index in [0.717, 1.165) is 22.8 Å². The van der Waals surface area contributed by atoms with Crippen molar-refractivity contribution in [1.29, 1.82) is 0 Å². The molecule has 1 aromatic carbocycles. The molecular formula is C23H20N8O3S. The molecule has 0 bridgehead atoms. The lowest BCUT2D eigenvalue weighted by Crippen LogP contribution is -2.19. The van der Waals surface area contributed by atoms with Crippen LogP contribution in [0.1, 0.15) is 25.1 Å².